The van der Waals surface area contributed by atoms with Crippen LogP contribution in [0.2, 0.25) is 10.0 Å². The summed E-state index contributed by atoms with van der Waals surface area (Å²) < 4.78 is 89.3. The van der Waals surface area contributed by atoms with Gasteiger partial charge in [-0.05, 0) is 79.9 Å². The van der Waals surface area contributed by atoms with E-state index in [9.17, 15) is 74.0 Å². The van der Waals surface area contributed by atoms with E-state index in [1.807, 2.05) is 31.3 Å². The number of para-hydroxylation sites is 1. The van der Waals surface area contributed by atoms with Gasteiger partial charge in [-0.1, -0.05) is 48.3 Å². The van der Waals surface area contributed by atoms with E-state index in [4.69, 9.17) is 49.5 Å². The Morgan fingerprint density at radius 3 is 2.03 bits per heavy atom. The number of nitrogens with zero attached hydrogens (tertiary/aromatic N) is 5. The van der Waals surface area contributed by atoms with Crippen molar-refractivity contribution in [2.75, 3.05) is 73.3 Å². The SMILES string of the molecule is CCc1cccc(C)c1N(C(=O)CCl)C(C)COC.CS(=O)(=O)c1ccc(C(=O)C2C(=O)CCCC2=O)c([N+](=O)[O-])c1.C[S+](C)C.Cc1nn(-c2cc(NS(C)(=O)=O)c(Cl)cc2Cl)c(=O)n1C(F)F.O=C(O)CNCP(=O)([O-])O. The lowest BCUT2D eigenvalue weighted by molar-refractivity contribution is -0.385. The van der Waals surface area contributed by atoms with Crippen molar-refractivity contribution in [2.24, 2.45) is 5.92 Å². The number of carbonyl (C=O) groups is 5. The Kier molecular flexibility index (Phi) is 29.4. The summed E-state index contributed by atoms with van der Waals surface area (Å²) in [6.07, 6.45) is 9.02. The summed E-state index contributed by atoms with van der Waals surface area (Å²) in [5.74, 6) is -5.12. The van der Waals surface area contributed by atoms with Gasteiger partial charge in [0.1, 0.15) is 25.2 Å². The molecule has 0 radical (unpaired) electrons. The van der Waals surface area contributed by atoms with Gasteiger partial charge in [0.05, 0.1) is 93.0 Å². The molecule has 1 heterocycles. The molecule has 1 amide bonds. The first-order chi connectivity index (χ1) is 36.3. The summed E-state index contributed by atoms with van der Waals surface area (Å²) in [5.41, 5.74) is 0.772. The Morgan fingerprint density at radius 2 is 1.58 bits per heavy atom. The summed E-state index contributed by atoms with van der Waals surface area (Å²) in [6.45, 7) is 4.23. The quantitative estimate of drug-likeness (QED) is 0.0185. The molecule has 4 N–H and O–H groups in total. The van der Waals surface area contributed by atoms with Crippen LogP contribution in [0.5, 0.6) is 0 Å². The number of nitrogens with one attached hydrogen (secondary N) is 2. The number of benzene rings is 3. The molecule has 5 rings (SSSR count). The van der Waals surface area contributed by atoms with Gasteiger partial charge >= 0.3 is 18.2 Å². The van der Waals surface area contributed by atoms with E-state index in [0.717, 1.165) is 60.0 Å². The maximum absolute atomic E-state index is 12.8. The monoisotopic (exact) mass is 1250 g/mol. The zero-order chi connectivity index (χ0) is 61.1. The Bertz CT molecular complexity index is 3160. The number of aliphatic carboxylic acids is 1. The number of nitro benzene ring substituents is 1. The maximum Gasteiger partial charge on any atom is 0.355 e. The van der Waals surface area contributed by atoms with Gasteiger partial charge in [-0.25, -0.2) is 26.2 Å². The topological polar surface area (TPSA) is 354 Å². The summed E-state index contributed by atoms with van der Waals surface area (Å²) in [6, 6.07) is 11.1. The Morgan fingerprint density at radius 1 is 1.01 bits per heavy atom. The molecule has 1 aliphatic carbocycles. The molecule has 0 bridgehead atoms. The van der Waals surface area contributed by atoms with E-state index >= 15 is 0 Å². The highest BCUT2D eigenvalue weighted by Gasteiger charge is 2.39. The van der Waals surface area contributed by atoms with Crippen LogP contribution in [0.25, 0.3) is 5.69 Å². The Labute approximate surface area is 472 Å². The zero-order valence-electron chi connectivity index (χ0n) is 44.3. The molecule has 79 heavy (non-hydrogen) atoms. The first-order valence-electron chi connectivity index (χ1n) is 22.8. The van der Waals surface area contributed by atoms with Crippen molar-refractivity contribution in [2.45, 2.75) is 70.9 Å². The normalized spacial score (nSPS) is 13.7. The largest absolute Gasteiger partial charge is 0.778 e. The molecule has 3 aromatic carbocycles. The molecule has 1 aliphatic rings. The van der Waals surface area contributed by atoms with Crippen LogP contribution in [0.4, 0.5) is 25.8 Å². The first-order valence-corrected chi connectivity index (χ1v) is 32.1. The molecule has 2 atom stereocenters. The number of methoxy groups -OCH3 is 1. The van der Waals surface area contributed by atoms with Gasteiger partial charge < -0.3 is 29.1 Å². The molecule has 440 valence electrons. The standard InChI is InChI=1S/C15H22ClNO2.C14H13NO7S.C11H10Cl2F2N4O3S.C3H8NO5P.C3H9S/c1-5-13-8-6-7-11(2)15(13)17(14(18)9-16)12(3)10-19-4;1-23(21,22)8-5-6-9(10(7-8)15(19)20)14(18)13-11(16)3-2-4-12(13)17;1-5-16-19(11(20)18(5)10(14)15)9-4-8(17-23(2,21)22)6(12)3-7(9)13;5-3(6)1-4-2-10(7,8)9;1-4(2)3/h6-8,12H,5,9-10H2,1-4H3;5-7,13H,2-4H2,1H3;3-4,10,17H,1-2H3;4H,1-2H2,(H,5,6)(H2,7,8,9);1-3H3/q;;;;+1/p-1. The number of carbonyl (C=O) groups excluding carboxylic acids is 4. The minimum atomic E-state index is -4.35. The molecule has 0 spiro atoms. The highest BCUT2D eigenvalue weighted by atomic mass is 35.5. The minimum absolute atomic E-state index is 0.0223. The van der Waals surface area contributed by atoms with Gasteiger partial charge in [0.2, 0.25) is 15.9 Å². The van der Waals surface area contributed by atoms with Crippen LogP contribution in [-0.4, -0.2) is 145 Å². The number of carboxylic acid groups (broad SMARTS) is 1. The number of aromatic nitrogens is 3. The number of amides is 1. The number of aryl methyl sites for hydroxylation is 3. The second kappa shape index (κ2) is 32.3. The smallest absolute Gasteiger partial charge is 0.355 e. The second-order valence-electron chi connectivity index (χ2n) is 17.3. The van der Waals surface area contributed by atoms with Crippen LogP contribution < -0.4 is 25.5 Å². The molecule has 1 saturated carbocycles. The van der Waals surface area contributed by atoms with Crippen molar-refractivity contribution in [3.63, 3.8) is 0 Å². The molecular weight excluding hydrogens is 1190 g/mol. The number of sulfonamides is 1. The summed E-state index contributed by atoms with van der Waals surface area (Å²) in [7, 11) is -9.42. The van der Waals surface area contributed by atoms with Crippen molar-refractivity contribution in [1.82, 2.24) is 19.7 Å². The van der Waals surface area contributed by atoms with Crippen molar-refractivity contribution in [1.29, 1.82) is 0 Å². The van der Waals surface area contributed by atoms with Crippen molar-refractivity contribution in [3.8, 4) is 5.69 Å². The molecule has 24 nitrogen and oxygen atoms in total. The van der Waals surface area contributed by atoms with Crippen LogP contribution in [-0.2, 0) is 65.7 Å². The van der Waals surface area contributed by atoms with E-state index in [1.54, 1.807) is 12.0 Å². The molecule has 33 heteroatoms. The van der Waals surface area contributed by atoms with Gasteiger partial charge in [-0.15, -0.1) is 16.7 Å². The summed E-state index contributed by atoms with van der Waals surface area (Å²) in [5, 5.41) is 24.7. The van der Waals surface area contributed by atoms with E-state index in [1.165, 1.54) is 13.0 Å². The summed E-state index contributed by atoms with van der Waals surface area (Å²) >= 11 is 17.6. The number of hydrogen-bond donors (Lipinski definition) is 4. The number of anilines is 2. The Hall–Kier alpha value is -5.20. The van der Waals surface area contributed by atoms with Crippen LogP contribution in [0, 0.1) is 29.9 Å². The first kappa shape index (κ1) is 71.8. The fourth-order valence-electron chi connectivity index (χ4n) is 6.91. The molecule has 0 aliphatic heterocycles. The highest BCUT2D eigenvalue weighted by molar-refractivity contribution is 7.94. The van der Waals surface area contributed by atoms with Crippen molar-refractivity contribution in [3.05, 3.63) is 102 Å². The van der Waals surface area contributed by atoms with E-state index < -0.39 is 97.9 Å². The number of alkyl halides is 3. The third-order valence-corrected chi connectivity index (χ3v) is 13.3. The molecule has 2 unspecified atom stereocenters. The van der Waals surface area contributed by atoms with Gasteiger partial charge in [0.15, 0.2) is 27.2 Å². The molecular formula is C46H61Cl3F2N7O17PS3. The average Bonchev–Trinajstić information content (AvgIpc) is 3.62. The lowest BCUT2D eigenvalue weighted by Crippen LogP contribution is -2.43. The lowest BCUT2D eigenvalue weighted by Gasteiger charge is -2.31. The zero-order valence-corrected chi connectivity index (χ0v) is 49.9. The van der Waals surface area contributed by atoms with E-state index in [0.29, 0.717) is 28.6 Å². The highest BCUT2D eigenvalue weighted by Crippen LogP contribution is 2.33. The molecule has 4 aromatic rings. The number of rotatable bonds is 18. The number of halogens is 5. The molecule has 1 fully saturated rings. The van der Waals surface area contributed by atoms with Crippen LogP contribution in [0.3, 0.4) is 0 Å². The van der Waals surface area contributed by atoms with Crippen LogP contribution in [0.1, 0.15) is 67.0 Å². The fourth-order valence-corrected chi connectivity index (χ4v) is 9.21. The molecule has 0 saturated heterocycles. The van der Waals surface area contributed by atoms with Gasteiger partial charge in [-0.3, -0.25) is 44.1 Å². The number of ketones is 3. The third-order valence-electron chi connectivity index (χ3n) is 10.1. The van der Waals surface area contributed by atoms with Crippen molar-refractivity contribution < 1.29 is 78.7 Å². The van der Waals surface area contributed by atoms with E-state index in [-0.39, 0.29) is 67.4 Å². The third kappa shape index (κ3) is 23.4. The number of carboxylic acids is 1. The number of ether oxygens (including phenoxy) is 1. The fraction of sp³-hybridized carbons (Fsp3) is 0.457. The van der Waals surface area contributed by atoms with Crippen LogP contribution >= 0.6 is 42.4 Å². The maximum atomic E-state index is 12.8. The lowest BCUT2D eigenvalue weighted by atomic mass is 9.81. The number of Topliss-reactive ketones (excluding diaryl/α,β-unsaturated/α-hetero) is 3. The predicted molar refractivity (Wildman–Crippen MR) is 296 cm³/mol. The molecule has 1 aromatic heterocycles. The van der Waals surface area contributed by atoms with Crippen LogP contribution in [0.15, 0.2) is 58.2 Å². The minimum Gasteiger partial charge on any atom is -0.778 e. The summed E-state index contributed by atoms with van der Waals surface area (Å²) in [4.78, 5) is 99.7. The van der Waals surface area contributed by atoms with Gasteiger partial charge in [0, 0.05) is 32.3 Å². The number of hydrogen-bond acceptors (Lipinski definition) is 17. The van der Waals surface area contributed by atoms with Gasteiger partial charge in [0.25, 0.3) is 5.69 Å². The number of sulfone groups is 1. The second-order valence-corrected chi connectivity index (χ2v) is 26.2. The number of nitro groups is 1. The van der Waals surface area contributed by atoms with Gasteiger partial charge in [-0.2, -0.15) is 13.5 Å². The Balaban J connectivity index is 0.000000531. The predicted octanol–water partition coefficient (Wildman–Crippen LogP) is 5.36. The average molecular weight is 1260 g/mol. The van der Waals surface area contributed by atoms with Crippen molar-refractivity contribution >= 4 is 119 Å². The van der Waals surface area contributed by atoms with E-state index in [2.05, 4.69) is 41.6 Å².